The first-order valence-corrected chi connectivity index (χ1v) is 10.4. The Balaban J connectivity index is 1.52. The van der Waals surface area contributed by atoms with Crippen LogP contribution in [0.25, 0.3) is 0 Å². The van der Waals surface area contributed by atoms with Gasteiger partial charge in [0.1, 0.15) is 17.9 Å². The van der Waals surface area contributed by atoms with Crippen LogP contribution >= 0.6 is 0 Å². The third-order valence-electron chi connectivity index (χ3n) is 6.92. The van der Waals surface area contributed by atoms with Crippen LogP contribution in [0.5, 0.6) is 0 Å². The molecule has 1 unspecified atom stereocenters. The number of rotatable bonds is 4. The van der Waals surface area contributed by atoms with E-state index in [1.54, 1.807) is 36.4 Å². The Morgan fingerprint density at radius 1 is 0.900 bits per heavy atom. The first kappa shape index (κ1) is 18.9. The maximum Gasteiger partial charge on any atom is 0.244 e. The number of fused-ring (bicyclic) bond motifs is 3. The first-order valence-electron chi connectivity index (χ1n) is 10.4. The first-order chi connectivity index (χ1) is 14.5. The monoisotopic (exact) mass is 403 g/mol. The average Bonchev–Trinajstić information content (AvgIpc) is 3.40. The van der Waals surface area contributed by atoms with E-state index in [-0.39, 0.29) is 29.4 Å². The summed E-state index contributed by atoms with van der Waals surface area (Å²) in [5, 5.41) is 0. The van der Waals surface area contributed by atoms with E-state index in [4.69, 9.17) is 0 Å². The molecule has 0 bridgehead atoms. The lowest BCUT2D eigenvalue weighted by molar-refractivity contribution is -0.915. The molecule has 152 valence electrons. The van der Waals surface area contributed by atoms with Gasteiger partial charge in [0, 0.05) is 24.0 Å². The Morgan fingerprint density at radius 3 is 2.23 bits per heavy atom. The van der Waals surface area contributed by atoms with Gasteiger partial charge in [-0.05, 0) is 31.2 Å². The number of carbonyl (C=O) groups is 4. The minimum atomic E-state index is -0.627. The SMILES string of the molecule is CC(=O)c1ccc(N2C(=O)[C@@H]3[C@H](C2=O)[C@@H]2CCC[NH+]2[C@@H]3C(=O)c2ccccc2)cc1. The summed E-state index contributed by atoms with van der Waals surface area (Å²) in [4.78, 5) is 54.1. The molecule has 2 aromatic rings. The quantitative estimate of drug-likeness (QED) is 0.617. The number of anilines is 1. The van der Waals surface area contributed by atoms with E-state index in [2.05, 4.69) is 0 Å². The van der Waals surface area contributed by atoms with Gasteiger partial charge in [-0.2, -0.15) is 0 Å². The van der Waals surface area contributed by atoms with Crippen molar-refractivity contribution in [1.29, 1.82) is 0 Å². The van der Waals surface area contributed by atoms with Gasteiger partial charge in [0.15, 0.2) is 11.8 Å². The van der Waals surface area contributed by atoms with Gasteiger partial charge in [0.25, 0.3) is 0 Å². The molecule has 0 aliphatic carbocycles. The number of Topliss-reactive ketones (excluding diaryl/α,β-unsaturated/α-hetero) is 2. The Kier molecular flexibility index (Phi) is 4.40. The molecule has 2 amide bonds. The second-order valence-electron chi connectivity index (χ2n) is 8.45. The van der Waals surface area contributed by atoms with Crippen LogP contribution in [0.3, 0.4) is 0 Å². The second-order valence-corrected chi connectivity index (χ2v) is 8.45. The molecule has 3 fully saturated rings. The smallest absolute Gasteiger partial charge is 0.244 e. The van der Waals surface area contributed by atoms with Crippen molar-refractivity contribution in [2.75, 3.05) is 11.4 Å². The molecular formula is C24H23N2O4+. The van der Waals surface area contributed by atoms with Crippen LogP contribution in [0.4, 0.5) is 5.69 Å². The highest BCUT2D eigenvalue weighted by molar-refractivity contribution is 6.24. The summed E-state index contributed by atoms with van der Waals surface area (Å²) >= 11 is 0. The van der Waals surface area contributed by atoms with Gasteiger partial charge in [-0.3, -0.25) is 19.2 Å². The molecule has 6 nitrogen and oxygen atoms in total. The van der Waals surface area contributed by atoms with E-state index in [1.807, 2.05) is 18.2 Å². The van der Waals surface area contributed by atoms with Gasteiger partial charge in [0.05, 0.1) is 12.2 Å². The van der Waals surface area contributed by atoms with Crippen LogP contribution < -0.4 is 9.80 Å². The van der Waals surface area contributed by atoms with Crippen LogP contribution in [-0.2, 0) is 9.59 Å². The fraction of sp³-hybridized carbons (Fsp3) is 0.333. The van der Waals surface area contributed by atoms with Crippen LogP contribution in [0.2, 0.25) is 0 Å². The number of ketones is 2. The zero-order valence-corrected chi connectivity index (χ0v) is 16.7. The molecule has 0 spiro atoms. The normalized spacial score (nSPS) is 29.8. The van der Waals surface area contributed by atoms with E-state index >= 15 is 0 Å². The lowest BCUT2D eigenvalue weighted by Crippen LogP contribution is -3.16. The molecule has 3 saturated heterocycles. The molecule has 5 rings (SSSR count). The minimum absolute atomic E-state index is 0.00519. The summed E-state index contributed by atoms with van der Waals surface area (Å²) in [6.45, 7) is 2.29. The number of benzene rings is 2. The largest absolute Gasteiger partial charge is 0.322 e. The molecule has 0 radical (unpaired) electrons. The Hall–Kier alpha value is -3.12. The maximum absolute atomic E-state index is 13.5. The van der Waals surface area contributed by atoms with E-state index in [9.17, 15) is 19.2 Å². The number of hydrogen-bond acceptors (Lipinski definition) is 4. The third kappa shape index (κ3) is 2.67. The molecule has 0 aromatic heterocycles. The number of carbonyl (C=O) groups excluding carboxylic acids is 4. The standard InChI is InChI=1S/C24H22N2O4/c1-14(27)15-9-11-17(12-10-15)26-23(29)19-18-8-5-13-25(18)21(20(19)24(26)30)22(28)16-6-3-2-4-7-16/h2-4,6-7,9-12,18-21H,5,8,13H2,1H3/p+1/t18-,19+,20+,21-/m0/s1. The summed E-state index contributed by atoms with van der Waals surface area (Å²) < 4.78 is 0. The summed E-state index contributed by atoms with van der Waals surface area (Å²) in [5.74, 6) is -1.72. The van der Waals surface area contributed by atoms with Crippen molar-refractivity contribution in [3.05, 3.63) is 65.7 Å². The molecule has 5 atom stereocenters. The zero-order valence-electron chi connectivity index (χ0n) is 16.7. The Morgan fingerprint density at radius 2 is 1.57 bits per heavy atom. The second kappa shape index (κ2) is 6.99. The molecule has 1 N–H and O–H groups in total. The molecule has 0 saturated carbocycles. The number of nitrogens with zero attached hydrogens (tertiary/aromatic N) is 1. The van der Waals surface area contributed by atoms with E-state index in [0.717, 1.165) is 24.3 Å². The zero-order chi connectivity index (χ0) is 21.0. The average molecular weight is 403 g/mol. The minimum Gasteiger partial charge on any atom is -0.322 e. The van der Waals surface area contributed by atoms with Crippen molar-refractivity contribution in [3.8, 4) is 0 Å². The van der Waals surface area contributed by atoms with Gasteiger partial charge in [-0.25, -0.2) is 4.90 Å². The molecule has 2 aromatic carbocycles. The fourth-order valence-corrected chi connectivity index (χ4v) is 5.62. The van der Waals surface area contributed by atoms with Crippen molar-refractivity contribution >= 4 is 29.1 Å². The van der Waals surface area contributed by atoms with Crippen molar-refractivity contribution in [1.82, 2.24) is 0 Å². The highest BCUT2D eigenvalue weighted by atomic mass is 16.2. The van der Waals surface area contributed by atoms with E-state index in [1.165, 1.54) is 11.8 Å². The lowest BCUT2D eigenvalue weighted by Gasteiger charge is -2.25. The van der Waals surface area contributed by atoms with Crippen LogP contribution in [-0.4, -0.2) is 42.0 Å². The third-order valence-corrected chi connectivity index (χ3v) is 6.92. The number of nitrogens with one attached hydrogen (secondary N) is 1. The van der Waals surface area contributed by atoms with Crippen LogP contribution in [0.15, 0.2) is 54.6 Å². The highest BCUT2D eigenvalue weighted by Crippen LogP contribution is 2.40. The summed E-state index contributed by atoms with van der Waals surface area (Å²) in [7, 11) is 0. The van der Waals surface area contributed by atoms with Gasteiger partial charge in [0.2, 0.25) is 17.6 Å². The molecule has 3 aliphatic rings. The summed E-state index contributed by atoms with van der Waals surface area (Å²) in [5.41, 5.74) is 1.59. The Labute approximate surface area is 174 Å². The molecule has 30 heavy (non-hydrogen) atoms. The summed E-state index contributed by atoms with van der Waals surface area (Å²) in [6, 6.07) is 15.1. The molecule has 3 aliphatic heterocycles. The Bertz CT molecular complexity index is 1050. The van der Waals surface area contributed by atoms with Gasteiger partial charge >= 0.3 is 0 Å². The summed E-state index contributed by atoms with van der Waals surface area (Å²) in [6.07, 6.45) is 1.81. The molecule has 3 heterocycles. The van der Waals surface area contributed by atoms with Crippen molar-refractivity contribution in [2.45, 2.75) is 31.8 Å². The van der Waals surface area contributed by atoms with Gasteiger partial charge in [-0.15, -0.1) is 0 Å². The van der Waals surface area contributed by atoms with Crippen LogP contribution in [0.1, 0.15) is 40.5 Å². The number of amides is 2. The highest BCUT2D eigenvalue weighted by Gasteiger charge is 2.68. The number of imide groups is 1. The van der Waals surface area contributed by atoms with Crippen molar-refractivity contribution in [3.63, 3.8) is 0 Å². The topological polar surface area (TPSA) is 76.0 Å². The van der Waals surface area contributed by atoms with Crippen LogP contribution in [0, 0.1) is 11.8 Å². The van der Waals surface area contributed by atoms with Crippen molar-refractivity contribution in [2.24, 2.45) is 11.8 Å². The lowest BCUT2D eigenvalue weighted by atomic mass is 9.85. The van der Waals surface area contributed by atoms with E-state index in [0.29, 0.717) is 16.8 Å². The van der Waals surface area contributed by atoms with Crippen molar-refractivity contribution < 1.29 is 24.1 Å². The van der Waals surface area contributed by atoms with Gasteiger partial charge in [-0.1, -0.05) is 30.3 Å². The van der Waals surface area contributed by atoms with E-state index < -0.39 is 17.9 Å². The number of hydrogen-bond donors (Lipinski definition) is 1. The predicted molar refractivity (Wildman–Crippen MR) is 109 cm³/mol. The van der Waals surface area contributed by atoms with Gasteiger partial charge < -0.3 is 4.90 Å². The predicted octanol–water partition coefficient (Wildman–Crippen LogP) is 1.31. The number of quaternary nitrogens is 1. The molecular weight excluding hydrogens is 380 g/mol. The fourth-order valence-electron chi connectivity index (χ4n) is 5.62. The maximum atomic E-state index is 13.5. The molecule has 6 heteroatoms.